The quantitative estimate of drug-likeness (QED) is 0.273. The minimum Gasteiger partial charge on any atom is -0.323 e. The molecule has 0 aliphatic carbocycles. The number of carbonyl (C=O) groups excluding carboxylic acids is 3. The van der Waals surface area contributed by atoms with Crippen molar-refractivity contribution in [2.24, 2.45) is 0 Å². The van der Waals surface area contributed by atoms with Gasteiger partial charge in [-0.25, -0.2) is 9.88 Å². The third kappa shape index (κ3) is 4.79. The Kier molecular flexibility index (Phi) is 6.89. The zero-order chi connectivity index (χ0) is 26.1. The topological polar surface area (TPSA) is 70.6 Å². The molecule has 1 aromatic heterocycles. The fourth-order valence-electron chi connectivity index (χ4n) is 4.91. The fraction of sp³-hybridized carbons (Fsp3) is 0.267. The molecule has 6 nitrogen and oxygen atoms in total. The molecule has 0 N–H and O–H groups in total. The van der Waals surface area contributed by atoms with Crippen LogP contribution in [0.15, 0.2) is 72.8 Å². The normalized spacial score (nSPS) is 16.4. The summed E-state index contributed by atoms with van der Waals surface area (Å²) in [6.07, 6.45) is 0.970. The maximum atomic E-state index is 13.6. The number of anilines is 1. The SMILES string of the molecule is CCCC(=O)N(C1CC(=O)N(c2ccc(-c3nc4ccc(C)cc4s3)cc2)C1=O)C(C)c1ccccc1. The second-order valence-electron chi connectivity index (χ2n) is 9.46. The van der Waals surface area contributed by atoms with E-state index in [2.05, 4.69) is 13.0 Å². The van der Waals surface area contributed by atoms with E-state index in [0.29, 0.717) is 18.5 Å². The first-order valence-electron chi connectivity index (χ1n) is 12.6. The van der Waals surface area contributed by atoms with Crippen molar-refractivity contribution in [2.75, 3.05) is 4.90 Å². The molecule has 7 heteroatoms. The number of fused-ring (bicyclic) bond motifs is 1. The van der Waals surface area contributed by atoms with Crippen LogP contribution >= 0.6 is 11.3 Å². The van der Waals surface area contributed by atoms with E-state index in [1.165, 1.54) is 10.5 Å². The van der Waals surface area contributed by atoms with Gasteiger partial charge in [0.25, 0.3) is 5.91 Å². The molecule has 4 aromatic rings. The van der Waals surface area contributed by atoms with Gasteiger partial charge in [-0.3, -0.25) is 14.4 Å². The minimum absolute atomic E-state index is 0.0234. The molecule has 5 rings (SSSR count). The summed E-state index contributed by atoms with van der Waals surface area (Å²) in [5.74, 6) is -0.776. The molecular formula is C30H29N3O3S. The van der Waals surface area contributed by atoms with E-state index in [1.807, 2.05) is 68.4 Å². The van der Waals surface area contributed by atoms with Crippen molar-refractivity contribution in [1.82, 2.24) is 9.88 Å². The number of hydrogen-bond acceptors (Lipinski definition) is 5. The van der Waals surface area contributed by atoms with E-state index in [4.69, 9.17) is 4.98 Å². The molecule has 0 spiro atoms. The number of aryl methyl sites for hydroxylation is 1. The highest BCUT2D eigenvalue weighted by Gasteiger charge is 2.45. The van der Waals surface area contributed by atoms with Gasteiger partial charge in [0, 0.05) is 12.0 Å². The monoisotopic (exact) mass is 511 g/mol. The van der Waals surface area contributed by atoms with Gasteiger partial charge in [-0.05, 0) is 67.8 Å². The van der Waals surface area contributed by atoms with Gasteiger partial charge in [-0.1, -0.05) is 43.3 Å². The second-order valence-corrected chi connectivity index (χ2v) is 10.5. The molecule has 3 aromatic carbocycles. The molecule has 2 heterocycles. The van der Waals surface area contributed by atoms with Crippen LogP contribution < -0.4 is 4.90 Å². The number of thiazole rings is 1. The van der Waals surface area contributed by atoms with Gasteiger partial charge in [0.1, 0.15) is 11.0 Å². The zero-order valence-corrected chi connectivity index (χ0v) is 22.0. The number of amides is 3. The first kappa shape index (κ1) is 24.8. The number of benzene rings is 3. The first-order valence-corrected chi connectivity index (χ1v) is 13.4. The summed E-state index contributed by atoms with van der Waals surface area (Å²) < 4.78 is 1.12. The Labute approximate surface area is 220 Å². The number of aromatic nitrogens is 1. The van der Waals surface area contributed by atoms with Crippen LogP contribution in [0.4, 0.5) is 5.69 Å². The van der Waals surface area contributed by atoms with Crippen molar-refractivity contribution in [2.45, 2.75) is 52.1 Å². The molecule has 1 aliphatic heterocycles. The maximum Gasteiger partial charge on any atom is 0.257 e. The summed E-state index contributed by atoms with van der Waals surface area (Å²) in [6, 6.07) is 22.0. The second kappa shape index (κ2) is 10.3. The average Bonchev–Trinajstić information content (AvgIpc) is 3.44. The lowest BCUT2D eigenvalue weighted by molar-refractivity contribution is -0.141. The Morgan fingerprint density at radius 3 is 2.51 bits per heavy atom. The van der Waals surface area contributed by atoms with E-state index in [-0.39, 0.29) is 30.2 Å². The van der Waals surface area contributed by atoms with Crippen LogP contribution in [0.3, 0.4) is 0 Å². The summed E-state index contributed by atoms with van der Waals surface area (Å²) in [5, 5.41) is 0.886. The third-order valence-electron chi connectivity index (χ3n) is 6.83. The zero-order valence-electron chi connectivity index (χ0n) is 21.2. The van der Waals surface area contributed by atoms with E-state index in [9.17, 15) is 14.4 Å². The molecule has 1 fully saturated rings. The highest BCUT2D eigenvalue weighted by atomic mass is 32.1. The summed E-state index contributed by atoms with van der Waals surface area (Å²) in [5.41, 5.74) is 4.50. The smallest absolute Gasteiger partial charge is 0.257 e. The molecule has 0 bridgehead atoms. The molecule has 2 atom stereocenters. The van der Waals surface area contributed by atoms with Gasteiger partial charge in [0.15, 0.2) is 0 Å². The molecule has 1 saturated heterocycles. The highest BCUT2D eigenvalue weighted by molar-refractivity contribution is 7.21. The largest absolute Gasteiger partial charge is 0.323 e. The summed E-state index contributed by atoms with van der Waals surface area (Å²) in [4.78, 5) is 47.4. The maximum absolute atomic E-state index is 13.6. The van der Waals surface area contributed by atoms with E-state index in [0.717, 1.165) is 26.4 Å². The minimum atomic E-state index is -0.825. The van der Waals surface area contributed by atoms with E-state index in [1.54, 1.807) is 28.4 Å². The van der Waals surface area contributed by atoms with Gasteiger partial charge < -0.3 is 4.90 Å². The summed E-state index contributed by atoms with van der Waals surface area (Å²) >= 11 is 1.61. The Bertz CT molecular complexity index is 1460. The van der Waals surface area contributed by atoms with Crippen LogP contribution in [0.5, 0.6) is 0 Å². The van der Waals surface area contributed by atoms with Crippen molar-refractivity contribution in [3.8, 4) is 10.6 Å². The van der Waals surface area contributed by atoms with Gasteiger partial charge in [-0.2, -0.15) is 0 Å². The molecule has 0 radical (unpaired) electrons. The standard InChI is InChI=1S/C30H29N3O3S/c1-4-8-27(34)32(20(3)21-9-6-5-7-10-21)25-18-28(35)33(30(25)36)23-14-12-22(13-15-23)29-31-24-16-11-19(2)17-26(24)37-29/h5-7,9-17,20,25H,4,8,18H2,1-3H3. The summed E-state index contributed by atoms with van der Waals surface area (Å²) in [6.45, 7) is 5.91. The van der Waals surface area contributed by atoms with Crippen molar-refractivity contribution >= 4 is 45.0 Å². The predicted octanol–water partition coefficient (Wildman–Crippen LogP) is 6.29. The lowest BCUT2D eigenvalue weighted by Gasteiger charge is -2.33. The lowest BCUT2D eigenvalue weighted by atomic mass is 10.0. The molecule has 188 valence electrons. The first-order chi connectivity index (χ1) is 17.9. The van der Waals surface area contributed by atoms with Crippen LogP contribution in [0.2, 0.25) is 0 Å². The van der Waals surface area contributed by atoms with E-state index < -0.39 is 6.04 Å². The molecule has 0 saturated carbocycles. The van der Waals surface area contributed by atoms with Crippen molar-refractivity contribution in [1.29, 1.82) is 0 Å². The van der Waals surface area contributed by atoms with Gasteiger partial charge in [-0.15, -0.1) is 11.3 Å². The van der Waals surface area contributed by atoms with Crippen molar-refractivity contribution < 1.29 is 14.4 Å². The number of rotatable bonds is 7. The Hall–Kier alpha value is -3.84. The number of nitrogens with zero attached hydrogens (tertiary/aromatic N) is 3. The molecule has 2 unspecified atom stereocenters. The van der Waals surface area contributed by atoms with E-state index >= 15 is 0 Å². The molecule has 3 amide bonds. The van der Waals surface area contributed by atoms with Gasteiger partial charge >= 0.3 is 0 Å². The van der Waals surface area contributed by atoms with Crippen LogP contribution in [0.25, 0.3) is 20.8 Å². The van der Waals surface area contributed by atoms with Crippen LogP contribution in [-0.2, 0) is 14.4 Å². The Morgan fingerprint density at radius 1 is 1.08 bits per heavy atom. The number of hydrogen-bond donors (Lipinski definition) is 0. The fourth-order valence-corrected chi connectivity index (χ4v) is 5.98. The molecule has 1 aliphatic rings. The van der Waals surface area contributed by atoms with Gasteiger partial charge in [0.2, 0.25) is 11.8 Å². The van der Waals surface area contributed by atoms with Crippen LogP contribution in [0.1, 0.15) is 50.3 Å². The Balaban J connectivity index is 1.41. The predicted molar refractivity (Wildman–Crippen MR) is 147 cm³/mol. The third-order valence-corrected chi connectivity index (χ3v) is 7.89. The number of carbonyl (C=O) groups is 3. The molecule has 37 heavy (non-hydrogen) atoms. The summed E-state index contributed by atoms with van der Waals surface area (Å²) in [7, 11) is 0. The lowest BCUT2D eigenvalue weighted by Crippen LogP contribution is -2.46. The molecular weight excluding hydrogens is 482 g/mol. The van der Waals surface area contributed by atoms with Crippen LogP contribution in [0, 0.1) is 6.92 Å². The Morgan fingerprint density at radius 2 is 1.81 bits per heavy atom. The van der Waals surface area contributed by atoms with Gasteiger partial charge in [0.05, 0.1) is 28.4 Å². The highest BCUT2D eigenvalue weighted by Crippen LogP contribution is 2.35. The number of imide groups is 1. The van der Waals surface area contributed by atoms with Crippen molar-refractivity contribution in [3.63, 3.8) is 0 Å². The van der Waals surface area contributed by atoms with Crippen LogP contribution in [-0.4, -0.2) is 33.6 Å². The van der Waals surface area contributed by atoms with Crippen molar-refractivity contribution in [3.05, 3.63) is 83.9 Å². The average molecular weight is 512 g/mol.